The summed E-state index contributed by atoms with van der Waals surface area (Å²) >= 11 is 5.27. The van der Waals surface area contributed by atoms with Gasteiger partial charge in [-0.05, 0) is 26.1 Å². The normalized spacial score (nSPS) is 11.1. The zero-order chi connectivity index (χ0) is 24.4. The van der Waals surface area contributed by atoms with Gasteiger partial charge in [0.25, 0.3) is 0 Å². The van der Waals surface area contributed by atoms with Crippen LogP contribution in [0.2, 0.25) is 0 Å². The third-order valence-corrected chi connectivity index (χ3v) is 5.34. The van der Waals surface area contributed by atoms with E-state index in [0.29, 0.717) is 12.2 Å². The summed E-state index contributed by atoms with van der Waals surface area (Å²) in [5, 5.41) is 18.7. The van der Waals surface area contributed by atoms with Crippen LogP contribution in [0.4, 0.5) is 29.1 Å². The van der Waals surface area contributed by atoms with E-state index < -0.39 is 35.4 Å². The van der Waals surface area contributed by atoms with Crippen molar-refractivity contribution in [3.8, 4) is 0 Å². The van der Waals surface area contributed by atoms with Crippen molar-refractivity contribution in [1.29, 1.82) is 0 Å². The van der Waals surface area contributed by atoms with Crippen molar-refractivity contribution in [1.82, 2.24) is 29.3 Å². The summed E-state index contributed by atoms with van der Waals surface area (Å²) in [5.41, 5.74) is 1.99. The highest BCUT2D eigenvalue weighted by Gasteiger charge is 2.19. The molecule has 0 radical (unpaired) electrons. The van der Waals surface area contributed by atoms with E-state index in [9.17, 15) is 17.6 Å². The van der Waals surface area contributed by atoms with Gasteiger partial charge in [0, 0.05) is 42.3 Å². The van der Waals surface area contributed by atoms with Gasteiger partial charge in [-0.2, -0.15) is 15.3 Å². The average Bonchev–Trinajstić information content (AvgIpc) is 3.51. The summed E-state index contributed by atoms with van der Waals surface area (Å²) in [6, 6.07) is 1.66. The first-order chi connectivity index (χ1) is 16.2. The predicted molar refractivity (Wildman–Crippen MR) is 121 cm³/mol. The van der Waals surface area contributed by atoms with Gasteiger partial charge in [-0.25, -0.2) is 17.6 Å². The van der Waals surface area contributed by atoms with Crippen molar-refractivity contribution >= 4 is 28.8 Å². The summed E-state index contributed by atoms with van der Waals surface area (Å²) in [7, 11) is 0. The summed E-state index contributed by atoms with van der Waals surface area (Å²) < 4.78 is 59.4. The molecule has 0 bridgehead atoms. The number of anilines is 2. The van der Waals surface area contributed by atoms with E-state index in [0.717, 1.165) is 22.5 Å². The van der Waals surface area contributed by atoms with Gasteiger partial charge in [-0.15, -0.1) is 0 Å². The van der Waals surface area contributed by atoms with E-state index in [1.165, 1.54) is 12.3 Å². The fraction of sp³-hybridized carbons (Fsp3) is 0.238. The molecule has 3 aromatic heterocycles. The molecule has 0 unspecified atom stereocenters. The molecule has 0 aliphatic rings. The number of aryl methyl sites for hydroxylation is 1. The smallest absolute Gasteiger partial charge is 0.176 e. The molecule has 0 aliphatic carbocycles. The molecule has 34 heavy (non-hydrogen) atoms. The number of nitrogens with zero attached hydrogens (tertiary/aromatic N) is 6. The Bertz CT molecular complexity index is 1320. The SMILES string of the molecule is CCn1ncc(Cn2cc(NC(=S)Nc3ccn(Cc4c(F)c(F)cc(F)c4F)n3)cn2)c1C. The van der Waals surface area contributed by atoms with Crippen molar-refractivity contribution in [3.63, 3.8) is 0 Å². The predicted octanol–water partition coefficient (Wildman–Crippen LogP) is 4.07. The Morgan fingerprint density at radius 2 is 1.74 bits per heavy atom. The lowest BCUT2D eigenvalue weighted by Gasteiger charge is -2.08. The van der Waals surface area contributed by atoms with Gasteiger partial charge in [0.15, 0.2) is 34.2 Å². The molecular formula is C21H20F4N8S. The highest BCUT2D eigenvalue weighted by Crippen LogP contribution is 2.20. The van der Waals surface area contributed by atoms with E-state index in [4.69, 9.17) is 12.2 Å². The van der Waals surface area contributed by atoms with Gasteiger partial charge in [-0.1, -0.05) is 0 Å². The number of aromatic nitrogens is 6. The molecular weight excluding hydrogens is 472 g/mol. The molecule has 0 amide bonds. The second-order valence-electron chi connectivity index (χ2n) is 7.42. The Morgan fingerprint density at radius 3 is 2.41 bits per heavy atom. The molecule has 0 atom stereocenters. The van der Waals surface area contributed by atoms with Crippen molar-refractivity contribution in [3.05, 3.63) is 77.0 Å². The molecule has 8 nitrogen and oxygen atoms in total. The van der Waals surface area contributed by atoms with Crippen molar-refractivity contribution < 1.29 is 17.6 Å². The maximum absolute atomic E-state index is 13.9. The molecule has 0 spiro atoms. The van der Waals surface area contributed by atoms with Gasteiger partial charge in [-0.3, -0.25) is 14.0 Å². The number of halogens is 4. The Hall–Kier alpha value is -3.74. The Balaban J connectivity index is 1.36. The molecule has 4 rings (SSSR count). The number of thiocarbonyl (C=S) groups is 1. The van der Waals surface area contributed by atoms with Crippen LogP contribution >= 0.6 is 12.2 Å². The third-order valence-electron chi connectivity index (χ3n) is 5.13. The third kappa shape index (κ3) is 4.93. The fourth-order valence-corrected chi connectivity index (χ4v) is 3.59. The van der Waals surface area contributed by atoms with Crippen LogP contribution in [0.25, 0.3) is 0 Å². The largest absolute Gasteiger partial charge is 0.330 e. The number of hydrogen-bond acceptors (Lipinski definition) is 4. The lowest BCUT2D eigenvalue weighted by atomic mass is 10.2. The van der Waals surface area contributed by atoms with Crippen molar-refractivity contribution in [2.24, 2.45) is 0 Å². The molecule has 1 aromatic carbocycles. The van der Waals surface area contributed by atoms with Crippen LogP contribution in [0.1, 0.15) is 23.7 Å². The first-order valence-electron chi connectivity index (χ1n) is 10.2. The average molecular weight is 493 g/mol. The zero-order valence-electron chi connectivity index (χ0n) is 18.2. The van der Waals surface area contributed by atoms with Crippen molar-refractivity contribution in [2.75, 3.05) is 10.6 Å². The monoisotopic (exact) mass is 492 g/mol. The molecule has 0 saturated heterocycles. The Morgan fingerprint density at radius 1 is 1.00 bits per heavy atom. The van der Waals surface area contributed by atoms with E-state index in [1.54, 1.807) is 17.1 Å². The number of nitrogens with one attached hydrogen (secondary N) is 2. The molecule has 0 aliphatic heterocycles. The minimum Gasteiger partial charge on any atom is -0.330 e. The fourth-order valence-electron chi connectivity index (χ4n) is 3.37. The van der Waals surface area contributed by atoms with Crippen LogP contribution in [0, 0.1) is 30.2 Å². The molecule has 2 N–H and O–H groups in total. The molecule has 3 heterocycles. The van der Waals surface area contributed by atoms with E-state index >= 15 is 0 Å². The molecule has 178 valence electrons. The van der Waals surface area contributed by atoms with Gasteiger partial charge in [0.1, 0.15) is 0 Å². The quantitative estimate of drug-likeness (QED) is 0.230. The number of hydrogen-bond donors (Lipinski definition) is 2. The first kappa shape index (κ1) is 23.4. The van der Waals surface area contributed by atoms with Crippen LogP contribution in [-0.2, 0) is 19.6 Å². The Kier molecular flexibility index (Phi) is 6.63. The van der Waals surface area contributed by atoms with Crippen molar-refractivity contribution in [2.45, 2.75) is 33.5 Å². The summed E-state index contributed by atoms with van der Waals surface area (Å²) in [6.45, 7) is 4.85. The summed E-state index contributed by atoms with van der Waals surface area (Å²) in [4.78, 5) is 0. The van der Waals surface area contributed by atoms with Gasteiger partial charge < -0.3 is 10.6 Å². The lowest BCUT2D eigenvalue weighted by Crippen LogP contribution is -2.19. The second kappa shape index (κ2) is 9.63. The number of rotatable bonds is 7. The van der Waals surface area contributed by atoms with Crippen LogP contribution in [0.3, 0.4) is 0 Å². The van der Waals surface area contributed by atoms with Crippen LogP contribution in [-0.4, -0.2) is 34.5 Å². The highest BCUT2D eigenvalue weighted by molar-refractivity contribution is 7.80. The number of benzene rings is 1. The van der Waals surface area contributed by atoms with Crippen LogP contribution < -0.4 is 10.6 Å². The molecule has 4 aromatic rings. The van der Waals surface area contributed by atoms with Crippen LogP contribution in [0.5, 0.6) is 0 Å². The van der Waals surface area contributed by atoms with E-state index in [1.807, 2.05) is 24.7 Å². The maximum atomic E-state index is 13.9. The van der Waals surface area contributed by atoms with E-state index in [-0.39, 0.29) is 17.0 Å². The molecule has 13 heteroatoms. The lowest BCUT2D eigenvalue weighted by molar-refractivity contribution is 0.431. The van der Waals surface area contributed by atoms with Gasteiger partial charge in [0.05, 0.1) is 36.7 Å². The molecule has 0 fully saturated rings. The van der Waals surface area contributed by atoms with Gasteiger partial charge in [0.2, 0.25) is 0 Å². The van der Waals surface area contributed by atoms with Crippen LogP contribution in [0.15, 0.2) is 36.9 Å². The Labute approximate surface area is 197 Å². The minimum absolute atomic E-state index is 0.162. The summed E-state index contributed by atoms with van der Waals surface area (Å²) in [6.07, 6.45) is 6.59. The zero-order valence-corrected chi connectivity index (χ0v) is 19.0. The summed E-state index contributed by atoms with van der Waals surface area (Å²) in [5.74, 6) is -5.60. The maximum Gasteiger partial charge on any atom is 0.176 e. The molecule has 0 saturated carbocycles. The highest BCUT2D eigenvalue weighted by atomic mass is 32.1. The van der Waals surface area contributed by atoms with E-state index in [2.05, 4.69) is 25.9 Å². The second-order valence-corrected chi connectivity index (χ2v) is 7.83. The first-order valence-corrected chi connectivity index (χ1v) is 10.6. The topological polar surface area (TPSA) is 77.5 Å². The minimum atomic E-state index is -1.47. The standard InChI is InChI=1S/C21H20F4N8S/c1-3-33-12(2)13(7-27-33)9-32-10-14(8-26-32)28-21(34)29-18-4-5-31(30-18)11-15-19(24)16(22)6-17(23)20(15)25/h4-8,10H,3,9,11H2,1-2H3,(H2,28,29,30,34). The van der Waals surface area contributed by atoms with Gasteiger partial charge >= 0.3 is 0 Å².